The van der Waals surface area contributed by atoms with Gasteiger partial charge in [-0.15, -0.1) is 0 Å². The van der Waals surface area contributed by atoms with E-state index in [4.69, 9.17) is 10.2 Å². The standard InChI is InChI=1S/C8H13N3O2S/c9-8-10-5-7(13-8)6-11-1-3-14(12)4-2-11/h5H,1-4,6H2,(H2,9,10). The van der Waals surface area contributed by atoms with E-state index in [1.54, 1.807) is 6.20 Å². The first-order valence-corrected chi connectivity index (χ1v) is 6.00. The number of hydrogen-bond acceptors (Lipinski definition) is 5. The molecule has 1 aromatic rings. The Bertz CT molecular complexity index is 329. The Hall–Kier alpha value is -0.880. The van der Waals surface area contributed by atoms with Crippen LogP contribution < -0.4 is 5.73 Å². The third kappa shape index (κ3) is 2.33. The van der Waals surface area contributed by atoms with Crippen LogP contribution in [0.2, 0.25) is 0 Å². The van der Waals surface area contributed by atoms with Gasteiger partial charge in [-0.2, -0.15) is 0 Å². The molecule has 5 nitrogen and oxygen atoms in total. The molecule has 0 saturated carbocycles. The van der Waals surface area contributed by atoms with E-state index < -0.39 is 10.8 Å². The molecule has 1 aliphatic heterocycles. The van der Waals surface area contributed by atoms with Crippen molar-refractivity contribution in [2.24, 2.45) is 0 Å². The summed E-state index contributed by atoms with van der Waals surface area (Å²) in [6, 6.07) is 0.209. The van der Waals surface area contributed by atoms with Crippen LogP contribution in [0.25, 0.3) is 0 Å². The molecule has 0 atom stereocenters. The van der Waals surface area contributed by atoms with Crippen molar-refractivity contribution in [1.29, 1.82) is 0 Å². The highest BCUT2D eigenvalue weighted by Gasteiger charge is 2.16. The normalized spacial score (nSPS) is 20.0. The smallest absolute Gasteiger partial charge is 0.292 e. The van der Waals surface area contributed by atoms with Gasteiger partial charge in [-0.05, 0) is 0 Å². The first-order chi connectivity index (χ1) is 6.74. The quantitative estimate of drug-likeness (QED) is 0.741. The lowest BCUT2D eigenvalue weighted by molar-refractivity contribution is 0.267. The molecule has 0 aromatic carbocycles. The van der Waals surface area contributed by atoms with Crippen LogP contribution in [0, 0.1) is 0 Å². The molecular formula is C8H13N3O2S. The highest BCUT2D eigenvalue weighted by molar-refractivity contribution is 7.85. The molecule has 0 bridgehead atoms. The lowest BCUT2D eigenvalue weighted by Gasteiger charge is -2.24. The van der Waals surface area contributed by atoms with Crippen molar-refractivity contribution >= 4 is 16.8 Å². The third-order valence-corrected chi connectivity index (χ3v) is 3.50. The average Bonchev–Trinajstić information content (AvgIpc) is 2.56. The number of nitrogens with zero attached hydrogens (tertiary/aromatic N) is 2. The Morgan fingerprint density at radius 2 is 2.29 bits per heavy atom. The van der Waals surface area contributed by atoms with Crippen molar-refractivity contribution in [3.63, 3.8) is 0 Å². The van der Waals surface area contributed by atoms with Crippen LogP contribution in [0.4, 0.5) is 6.01 Å². The molecule has 0 aliphatic carbocycles. The minimum atomic E-state index is -0.626. The summed E-state index contributed by atoms with van der Waals surface area (Å²) in [5.74, 6) is 2.28. The highest BCUT2D eigenvalue weighted by atomic mass is 32.2. The van der Waals surface area contributed by atoms with Crippen LogP contribution in [-0.2, 0) is 17.3 Å². The average molecular weight is 215 g/mol. The summed E-state index contributed by atoms with van der Waals surface area (Å²) in [5, 5.41) is 0. The molecule has 0 amide bonds. The lowest BCUT2D eigenvalue weighted by Crippen LogP contribution is -2.37. The van der Waals surface area contributed by atoms with Gasteiger partial charge >= 0.3 is 0 Å². The zero-order valence-electron chi connectivity index (χ0n) is 7.81. The Kier molecular flexibility index (Phi) is 2.83. The summed E-state index contributed by atoms with van der Waals surface area (Å²) in [7, 11) is -0.626. The highest BCUT2D eigenvalue weighted by Crippen LogP contribution is 2.10. The molecule has 1 fully saturated rings. The van der Waals surface area contributed by atoms with Gasteiger partial charge in [-0.1, -0.05) is 0 Å². The molecule has 0 unspecified atom stereocenters. The number of aromatic nitrogens is 1. The molecule has 0 spiro atoms. The van der Waals surface area contributed by atoms with Crippen molar-refractivity contribution in [1.82, 2.24) is 9.88 Å². The fourth-order valence-electron chi connectivity index (χ4n) is 1.45. The fraction of sp³-hybridized carbons (Fsp3) is 0.625. The van der Waals surface area contributed by atoms with Crippen LogP contribution >= 0.6 is 0 Å². The van der Waals surface area contributed by atoms with Crippen LogP contribution in [0.1, 0.15) is 5.76 Å². The van der Waals surface area contributed by atoms with E-state index >= 15 is 0 Å². The Labute approximate surface area is 84.7 Å². The number of oxazole rings is 1. The van der Waals surface area contributed by atoms with Crippen LogP contribution in [0.5, 0.6) is 0 Å². The molecule has 0 radical (unpaired) electrons. The monoisotopic (exact) mass is 215 g/mol. The summed E-state index contributed by atoms with van der Waals surface area (Å²) < 4.78 is 16.3. The van der Waals surface area contributed by atoms with Crippen molar-refractivity contribution < 1.29 is 8.63 Å². The number of anilines is 1. The van der Waals surface area contributed by atoms with Gasteiger partial charge in [-0.3, -0.25) is 9.11 Å². The molecule has 6 heteroatoms. The van der Waals surface area contributed by atoms with Gasteiger partial charge in [-0.25, -0.2) is 4.98 Å². The SMILES string of the molecule is Nc1ncc(CN2CCS(=O)CC2)o1. The number of nitrogens with two attached hydrogens (primary N) is 1. The van der Waals surface area contributed by atoms with Crippen molar-refractivity contribution in [3.8, 4) is 0 Å². The van der Waals surface area contributed by atoms with Crippen LogP contribution in [0.15, 0.2) is 10.6 Å². The predicted molar refractivity (Wildman–Crippen MR) is 54.1 cm³/mol. The van der Waals surface area contributed by atoms with Crippen LogP contribution in [0.3, 0.4) is 0 Å². The summed E-state index contributed by atoms with van der Waals surface area (Å²) in [6.07, 6.45) is 1.64. The van der Waals surface area contributed by atoms with Gasteiger partial charge in [0.15, 0.2) is 0 Å². The van der Waals surface area contributed by atoms with E-state index in [1.807, 2.05) is 0 Å². The van der Waals surface area contributed by atoms with Crippen molar-refractivity contribution in [2.75, 3.05) is 30.3 Å². The van der Waals surface area contributed by atoms with E-state index in [9.17, 15) is 4.21 Å². The number of nitrogen functional groups attached to an aromatic ring is 1. The largest absolute Gasteiger partial charge is 0.428 e. The number of rotatable bonds is 2. The fourth-order valence-corrected chi connectivity index (χ4v) is 2.58. The van der Waals surface area contributed by atoms with E-state index in [0.717, 1.165) is 30.4 Å². The molecule has 1 aliphatic rings. The van der Waals surface area contributed by atoms with Gasteiger partial charge < -0.3 is 10.2 Å². The van der Waals surface area contributed by atoms with Crippen molar-refractivity contribution in [3.05, 3.63) is 12.0 Å². The van der Waals surface area contributed by atoms with Gasteiger partial charge in [0.05, 0.1) is 12.7 Å². The maximum Gasteiger partial charge on any atom is 0.292 e. The van der Waals surface area contributed by atoms with Crippen molar-refractivity contribution in [2.45, 2.75) is 6.54 Å². The second-order valence-electron chi connectivity index (χ2n) is 3.29. The molecule has 2 rings (SSSR count). The summed E-state index contributed by atoms with van der Waals surface area (Å²) in [5.41, 5.74) is 5.36. The molecule has 1 aromatic heterocycles. The minimum absolute atomic E-state index is 0.209. The number of hydrogen-bond donors (Lipinski definition) is 1. The Morgan fingerprint density at radius 1 is 1.57 bits per heavy atom. The van der Waals surface area contributed by atoms with E-state index in [1.165, 1.54) is 0 Å². The zero-order valence-corrected chi connectivity index (χ0v) is 8.63. The molecular weight excluding hydrogens is 202 g/mol. The first-order valence-electron chi connectivity index (χ1n) is 4.51. The molecule has 2 N–H and O–H groups in total. The summed E-state index contributed by atoms with van der Waals surface area (Å²) >= 11 is 0. The van der Waals surface area contributed by atoms with E-state index in [0.29, 0.717) is 6.54 Å². The maximum absolute atomic E-state index is 11.1. The topological polar surface area (TPSA) is 72.4 Å². The van der Waals surface area contributed by atoms with E-state index in [-0.39, 0.29) is 6.01 Å². The maximum atomic E-state index is 11.1. The third-order valence-electron chi connectivity index (χ3n) is 2.22. The second-order valence-corrected chi connectivity index (χ2v) is 4.99. The predicted octanol–water partition coefficient (Wildman–Crippen LogP) is -0.179. The molecule has 2 heterocycles. The second kappa shape index (κ2) is 4.10. The van der Waals surface area contributed by atoms with Gasteiger partial charge in [0.25, 0.3) is 6.01 Å². The summed E-state index contributed by atoms with van der Waals surface area (Å²) in [4.78, 5) is 6.02. The molecule has 1 saturated heterocycles. The van der Waals surface area contributed by atoms with Gasteiger partial charge in [0.1, 0.15) is 5.76 Å². The molecule has 14 heavy (non-hydrogen) atoms. The lowest BCUT2D eigenvalue weighted by atomic mass is 10.4. The van der Waals surface area contributed by atoms with Gasteiger partial charge in [0.2, 0.25) is 0 Å². The Balaban J connectivity index is 1.89. The van der Waals surface area contributed by atoms with Gasteiger partial charge in [0, 0.05) is 35.4 Å². The van der Waals surface area contributed by atoms with Crippen LogP contribution in [-0.4, -0.2) is 38.7 Å². The first kappa shape index (κ1) is 9.67. The molecule has 78 valence electrons. The Morgan fingerprint density at radius 3 is 2.86 bits per heavy atom. The zero-order chi connectivity index (χ0) is 9.97. The minimum Gasteiger partial charge on any atom is -0.428 e. The summed E-state index contributed by atoms with van der Waals surface area (Å²) in [6.45, 7) is 2.42. The van der Waals surface area contributed by atoms with E-state index in [2.05, 4.69) is 9.88 Å².